The molecule has 0 aromatic carbocycles. The first-order valence-corrected chi connectivity index (χ1v) is 4.06. The zero-order valence-corrected chi connectivity index (χ0v) is 6.53. The van der Waals surface area contributed by atoms with Crippen LogP contribution in [0.1, 0.15) is 6.92 Å². The van der Waals surface area contributed by atoms with Crippen LogP contribution in [-0.2, 0) is 9.53 Å². The number of carbonyl (C=O) groups excluding carboxylic acids is 1. The van der Waals surface area contributed by atoms with Gasteiger partial charge in [0.25, 0.3) is 0 Å². The molecule has 0 saturated heterocycles. The summed E-state index contributed by atoms with van der Waals surface area (Å²) in [5.74, 6) is 0.547. The van der Waals surface area contributed by atoms with Gasteiger partial charge < -0.3 is 10.1 Å². The highest BCUT2D eigenvalue weighted by molar-refractivity contribution is 8.04. The number of carbonyl (C=O) groups is 1. The Bertz CT molecular complexity index is 167. The third-order valence-corrected chi connectivity index (χ3v) is 1.93. The Hall–Kier alpha value is -0.640. The number of ether oxygens (including phenoxy) is 1. The van der Waals surface area contributed by atoms with Crippen molar-refractivity contribution in [2.24, 2.45) is 0 Å². The fourth-order valence-corrected chi connectivity index (χ4v) is 1.28. The minimum absolute atomic E-state index is 0.225. The van der Waals surface area contributed by atoms with Crippen LogP contribution in [0.4, 0.5) is 0 Å². The summed E-state index contributed by atoms with van der Waals surface area (Å²) in [6, 6.07) is 0. The highest BCUT2D eigenvalue weighted by Crippen LogP contribution is 2.19. The number of nitrogens with one attached hydrogen (secondary N) is 1. The number of hydrogen-bond donors (Lipinski definition) is 1. The van der Waals surface area contributed by atoms with Crippen molar-refractivity contribution in [2.45, 2.75) is 6.92 Å². The van der Waals surface area contributed by atoms with E-state index >= 15 is 0 Å². The molecule has 0 aromatic heterocycles. The van der Waals surface area contributed by atoms with Crippen LogP contribution in [0.5, 0.6) is 0 Å². The zero-order chi connectivity index (χ0) is 7.40. The predicted octanol–water partition coefficient (Wildman–Crippen LogP) is 0.685. The smallest absolute Gasteiger partial charge is 0.346 e. The van der Waals surface area contributed by atoms with Crippen LogP contribution in [-0.4, -0.2) is 18.5 Å². The first kappa shape index (κ1) is 7.47. The Morgan fingerprint density at radius 3 is 3.30 bits per heavy atom. The van der Waals surface area contributed by atoms with Gasteiger partial charge in [0.15, 0.2) is 0 Å². The van der Waals surface area contributed by atoms with E-state index in [0.717, 1.165) is 5.88 Å². The molecule has 0 bridgehead atoms. The molecule has 0 aromatic rings. The van der Waals surface area contributed by atoms with Crippen LogP contribution in [0.3, 0.4) is 0 Å². The normalized spacial score (nSPS) is 15.9. The van der Waals surface area contributed by atoms with Gasteiger partial charge >= 0.3 is 5.97 Å². The van der Waals surface area contributed by atoms with E-state index in [1.54, 1.807) is 13.1 Å². The number of thioether (sulfide) groups is 1. The van der Waals surface area contributed by atoms with Gasteiger partial charge in [-0.2, -0.15) is 0 Å². The van der Waals surface area contributed by atoms with Gasteiger partial charge in [-0.3, -0.25) is 0 Å². The van der Waals surface area contributed by atoms with Crippen molar-refractivity contribution in [1.82, 2.24) is 5.32 Å². The molecule has 0 spiro atoms. The molecular weight excluding hydrogens is 150 g/mol. The summed E-state index contributed by atoms with van der Waals surface area (Å²) < 4.78 is 4.76. The van der Waals surface area contributed by atoms with Crippen molar-refractivity contribution in [1.29, 1.82) is 0 Å². The summed E-state index contributed by atoms with van der Waals surface area (Å²) in [5, 5.41) is 2.91. The van der Waals surface area contributed by atoms with Crippen molar-refractivity contribution >= 4 is 17.7 Å². The lowest BCUT2D eigenvalue weighted by Crippen LogP contribution is -2.03. The fourth-order valence-electron chi connectivity index (χ4n) is 0.616. The Labute approximate surface area is 63.8 Å². The Morgan fingerprint density at radius 1 is 2.00 bits per heavy atom. The van der Waals surface area contributed by atoms with Crippen LogP contribution in [0, 0.1) is 0 Å². The summed E-state index contributed by atoms with van der Waals surface area (Å²) in [7, 11) is 0. The summed E-state index contributed by atoms with van der Waals surface area (Å²) >= 11 is 1.47. The first-order valence-electron chi connectivity index (χ1n) is 3.08. The lowest BCUT2D eigenvalue weighted by Gasteiger charge is -1.98. The van der Waals surface area contributed by atoms with Gasteiger partial charge in [0, 0.05) is 6.20 Å². The molecule has 1 heterocycles. The van der Waals surface area contributed by atoms with Crippen molar-refractivity contribution in [3.8, 4) is 0 Å². The summed E-state index contributed by atoms with van der Waals surface area (Å²) in [6.45, 7) is 2.24. The molecule has 0 fully saturated rings. The van der Waals surface area contributed by atoms with E-state index in [0.29, 0.717) is 11.5 Å². The van der Waals surface area contributed by atoms with E-state index in [9.17, 15) is 4.79 Å². The van der Waals surface area contributed by atoms with E-state index in [1.807, 2.05) is 0 Å². The van der Waals surface area contributed by atoms with Gasteiger partial charge in [0.1, 0.15) is 4.91 Å². The molecule has 3 nitrogen and oxygen atoms in total. The molecule has 0 unspecified atom stereocenters. The van der Waals surface area contributed by atoms with Gasteiger partial charge in [-0.25, -0.2) is 4.79 Å². The molecule has 1 aliphatic rings. The average molecular weight is 159 g/mol. The molecule has 1 aliphatic heterocycles. The minimum atomic E-state index is -0.225. The van der Waals surface area contributed by atoms with Crippen LogP contribution in [0.25, 0.3) is 0 Å². The second kappa shape index (κ2) is 3.51. The maximum Gasteiger partial charge on any atom is 0.346 e. The van der Waals surface area contributed by atoms with Crippen LogP contribution in [0.2, 0.25) is 0 Å². The summed E-state index contributed by atoms with van der Waals surface area (Å²) in [4.78, 5) is 11.6. The maximum atomic E-state index is 10.9. The lowest BCUT2D eigenvalue weighted by molar-refractivity contribution is -0.137. The second-order valence-corrected chi connectivity index (χ2v) is 2.74. The lowest BCUT2D eigenvalue weighted by atomic mass is 10.6. The van der Waals surface area contributed by atoms with Gasteiger partial charge in [-0.05, 0) is 6.92 Å². The molecule has 10 heavy (non-hydrogen) atoms. The first-order chi connectivity index (χ1) is 4.84. The van der Waals surface area contributed by atoms with Gasteiger partial charge in [-0.1, -0.05) is 11.8 Å². The van der Waals surface area contributed by atoms with Crippen LogP contribution < -0.4 is 5.32 Å². The minimum Gasteiger partial charge on any atom is -0.462 e. The van der Waals surface area contributed by atoms with E-state index in [1.165, 1.54) is 11.8 Å². The third-order valence-electron chi connectivity index (χ3n) is 1.02. The van der Waals surface area contributed by atoms with E-state index in [4.69, 9.17) is 4.74 Å². The van der Waals surface area contributed by atoms with Crippen molar-refractivity contribution in [3.05, 3.63) is 11.1 Å². The molecule has 0 amide bonds. The molecule has 56 valence electrons. The Morgan fingerprint density at radius 2 is 2.80 bits per heavy atom. The van der Waals surface area contributed by atoms with Crippen LogP contribution >= 0.6 is 11.8 Å². The molecule has 0 saturated carbocycles. The number of rotatable bonds is 2. The van der Waals surface area contributed by atoms with Crippen molar-refractivity contribution in [2.75, 3.05) is 12.5 Å². The van der Waals surface area contributed by atoms with Crippen LogP contribution in [0.15, 0.2) is 11.1 Å². The molecule has 0 radical (unpaired) electrons. The van der Waals surface area contributed by atoms with Crippen molar-refractivity contribution in [3.63, 3.8) is 0 Å². The fraction of sp³-hybridized carbons (Fsp3) is 0.500. The summed E-state index contributed by atoms with van der Waals surface area (Å²) in [5.41, 5.74) is 0. The Kier molecular flexibility index (Phi) is 2.62. The monoisotopic (exact) mass is 159 g/mol. The summed E-state index contributed by atoms with van der Waals surface area (Å²) in [6.07, 6.45) is 1.68. The standard InChI is InChI=1S/C6H9NO2S/c1-2-9-6(8)5-3-7-4-10-5/h3,7H,2,4H2,1H3. The van der Waals surface area contributed by atoms with E-state index in [-0.39, 0.29) is 5.97 Å². The maximum absolute atomic E-state index is 10.9. The highest BCUT2D eigenvalue weighted by atomic mass is 32.2. The largest absolute Gasteiger partial charge is 0.462 e. The van der Waals surface area contributed by atoms with Gasteiger partial charge in [0.05, 0.1) is 12.5 Å². The molecule has 0 atom stereocenters. The zero-order valence-electron chi connectivity index (χ0n) is 5.72. The highest BCUT2D eigenvalue weighted by Gasteiger charge is 2.13. The molecule has 0 aliphatic carbocycles. The molecular formula is C6H9NO2S. The van der Waals surface area contributed by atoms with Gasteiger partial charge in [-0.15, -0.1) is 0 Å². The van der Waals surface area contributed by atoms with E-state index < -0.39 is 0 Å². The topological polar surface area (TPSA) is 38.3 Å². The van der Waals surface area contributed by atoms with Crippen molar-refractivity contribution < 1.29 is 9.53 Å². The third kappa shape index (κ3) is 1.67. The average Bonchev–Trinajstić information content (AvgIpc) is 2.38. The molecule has 1 rings (SSSR count). The van der Waals surface area contributed by atoms with Gasteiger partial charge in [0.2, 0.25) is 0 Å². The number of hydrogen-bond acceptors (Lipinski definition) is 4. The quantitative estimate of drug-likeness (QED) is 0.601. The number of esters is 1. The SMILES string of the molecule is CCOC(=O)C1=CNCS1. The molecule has 4 heteroatoms. The van der Waals surface area contributed by atoms with E-state index in [2.05, 4.69) is 5.32 Å². The second-order valence-electron chi connectivity index (χ2n) is 1.72. The predicted molar refractivity (Wildman–Crippen MR) is 40.3 cm³/mol. The molecule has 1 N–H and O–H groups in total. The Balaban J connectivity index is 2.40.